The smallest absolute Gasteiger partial charge is 0.128 e. The van der Waals surface area contributed by atoms with E-state index >= 15 is 0 Å². The van der Waals surface area contributed by atoms with Crippen molar-refractivity contribution in [3.8, 4) is 5.75 Å². The molecule has 0 radical (unpaired) electrons. The topological polar surface area (TPSA) is 9.23 Å². The molecule has 1 unspecified atom stereocenters. The summed E-state index contributed by atoms with van der Waals surface area (Å²) in [5, 5.41) is 0. The fraction of sp³-hybridized carbons (Fsp3) is 0.538. The Hall–Kier alpha value is -1.05. The third-order valence-electron chi connectivity index (χ3n) is 2.49. The van der Waals surface area contributed by atoms with Gasteiger partial charge in [-0.25, -0.2) is 4.39 Å². The van der Waals surface area contributed by atoms with Crippen LogP contribution in [0.1, 0.15) is 45.0 Å². The lowest BCUT2D eigenvalue weighted by atomic mass is 9.85. The molecule has 0 aromatic heterocycles. The van der Waals surface area contributed by atoms with Gasteiger partial charge in [-0.3, -0.25) is 0 Å². The molecule has 0 fully saturated rings. The predicted molar refractivity (Wildman–Crippen MR) is 61.2 cm³/mol. The van der Waals surface area contributed by atoms with Crippen LogP contribution in [0, 0.1) is 0 Å². The monoisotopic (exact) mass is 210 g/mol. The number of para-hydroxylation sites is 1. The predicted octanol–water partition coefficient (Wildman–Crippen LogP) is 4.02. The maximum absolute atomic E-state index is 13.4. The maximum atomic E-state index is 13.4. The lowest BCUT2D eigenvalue weighted by molar-refractivity contribution is 0.340. The van der Waals surface area contributed by atoms with Gasteiger partial charge in [-0.05, 0) is 17.9 Å². The lowest BCUT2D eigenvalue weighted by Crippen LogP contribution is -2.14. The van der Waals surface area contributed by atoms with Crippen LogP contribution in [-0.4, -0.2) is 7.11 Å². The third-order valence-corrected chi connectivity index (χ3v) is 2.49. The lowest BCUT2D eigenvalue weighted by Gasteiger charge is -2.24. The summed E-state index contributed by atoms with van der Waals surface area (Å²) in [6.07, 6.45) is -0.998. The summed E-state index contributed by atoms with van der Waals surface area (Å²) in [7, 11) is 1.59. The molecule has 0 N–H and O–H groups in total. The second-order valence-corrected chi connectivity index (χ2v) is 4.79. The van der Waals surface area contributed by atoms with Crippen molar-refractivity contribution in [3.05, 3.63) is 29.3 Å². The molecule has 1 aromatic carbocycles. The number of benzene rings is 1. The molecule has 0 amide bonds. The number of rotatable bonds is 2. The Labute approximate surface area is 91.3 Å². The Bertz CT molecular complexity index is 337. The van der Waals surface area contributed by atoms with E-state index in [4.69, 9.17) is 4.74 Å². The van der Waals surface area contributed by atoms with E-state index in [0.717, 1.165) is 5.56 Å². The Balaban J connectivity index is 3.35. The van der Waals surface area contributed by atoms with Crippen molar-refractivity contribution >= 4 is 0 Å². The summed E-state index contributed by atoms with van der Waals surface area (Å²) >= 11 is 0. The van der Waals surface area contributed by atoms with Gasteiger partial charge in [0.25, 0.3) is 0 Å². The van der Waals surface area contributed by atoms with Crippen LogP contribution >= 0.6 is 0 Å². The van der Waals surface area contributed by atoms with E-state index in [9.17, 15) is 4.39 Å². The maximum Gasteiger partial charge on any atom is 0.128 e. The van der Waals surface area contributed by atoms with Crippen LogP contribution in [0.5, 0.6) is 5.75 Å². The first kappa shape index (κ1) is 12.0. The number of hydrogen-bond acceptors (Lipinski definition) is 1. The number of halogens is 1. The third kappa shape index (κ3) is 2.49. The van der Waals surface area contributed by atoms with Gasteiger partial charge in [-0.15, -0.1) is 0 Å². The standard InChI is InChI=1S/C13H19FO/c1-9(14)10-7-6-8-11(12(10)15-5)13(2,3)4/h6-9H,1-5H3. The van der Waals surface area contributed by atoms with E-state index in [0.29, 0.717) is 11.3 Å². The molecule has 1 aromatic rings. The highest BCUT2D eigenvalue weighted by Gasteiger charge is 2.22. The molecule has 2 heteroatoms. The van der Waals surface area contributed by atoms with Gasteiger partial charge in [-0.1, -0.05) is 39.0 Å². The SMILES string of the molecule is COc1c(C(C)F)cccc1C(C)(C)C. The second kappa shape index (κ2) is 4.21. The van der Waals surface area contributed by atoms with E-state index in [1.807, 2.05) is 12.1 Å². The van der Waals surface area contributed by atoms with Crippen LogP contribution in [0.4, 0.5) is 4.39 Å². The molecular weight excluding hydrogens is 191 g/mol. The molecule has 1 atom stereocenters. The Kier molecular flexibility index (Phi) is 3.38. The minimum Gasteiger partial charge on any atom is -0.496 e. The van der Waals surface area contributed by atoms with Crippen molar-refractivity contribution in [2.45, 2.75) is 39.3 Å². The van der Waals surface area contributed by atoms with E-state index in [1.165, 1.54) is 6.92 Å². The van der Waals surface area contributed by atoms with Gasteiger partial charge in [-0.2, -0.15) is 0 Å². The van der Waals surface area contributed by atoms with Crippen molar-refractivity contribution in [1.29, 1.82) is 0 Å². The highest BCUT2D eigenvalue weighted by atomic mass is 19.1. The van der Waals surface area contributed by atoms with Gasteiger partial charge in [0.2, 0.25) is 0 Å². The van der Waals surface area contributed by atoms with E-state index in [1.54, 1.807) is 13.2 Å². The minimum atomic E-state index is -0.998. The highest BCUT2D eigenvalue weighted by Crippen LogP contribution is 2.37. The zero-order valence-electron chi connectivity index (χ0n) is 10.1. The molecule has 0 saturated carbocycles. The number of hydrogen-bond donors (Lipinski definition) is 0. The molecule has 15 heavy (non-hydrogen) atoms. The first-order chi connectivity index (χ1) is 6.88. The molecule has 0 saturated heterocycles. The Morgan fingerprint density at radius 2 is 1.87 bits per heavy atom. The van der Waals surface area contributed by atoms with Crippen molar-refractivity contribution in [1.82, 2.24) is 0 Å². The minimum absolute atomic E-state index is 0.0315. The summed E-state index contributed by atoms with van der Waals surface area (Å²) in [5.74, 6) is 0.681. The average molecular weight is 210 g/mol. The van der Waals surface area contributed by atoms with E-state index in [-0.39, 0.29) is 5.41 Å². The van der Waals surface area contributed by atoms with E-state index in [2.05, 4.69) is 20.8 Å². The zero-order valence-corrected chi connectivity index (χ0v) is 10.1. The summed E-state index contributed by atoms with van der Waals surface area (Å²) in [6, 6.07) is 5.65. The molecule has 0 spiro atoms. The molecule has 84 valence electrons. The van der Waals surface area contributed by atoms with Gasteiger partial charge in [0.1, 0.15) is 11.9 Å². The molecular formula is C13H19FO. The highest BCUT2D eigenvalue weighted by molar-refractivity contribution is 5.46. The quantitative estimate of drug-likeness (QED) is 0.716. The van der Waals surface area contributed by atoms with E-state index < -0.39 is 6.17 Å². The summed E-state index contributed by atoms with van der Waals surface area (Å²) in [5.41, 5.74) is 1.65. The fourth-order valence-corrected chi connectivity index (χ4v) is 1.69. The average Bonchev–Trinajstić information content (AvgIpc) is 2.15. The van der Waals surface area contributed by atoms with Gasteiger partial charge >= 0.3 is 0 Å². The number of methoxy groups -OCH3 is 1. The zero-order chi connectivity index (χ0) is 11.6. The molecule has 1 rings (SSSR count). The van der Waals surface area contributed by atoms with Crippen molar-refractivity contribution < 1.29 is 9.13 Å². The van der Waals surface area contributed by atoms with Crippen LogP contribution in [-0.2, 0) is 5.41 Å². The van der Waals surface area contributed by atoms with Gasteiger partial charge in [0, 0.05) is 5.56 Å². The molecule has 0 aliphatic carbocycles. The molecule has 0 aliphatic heterocycles. The Morgan fingerprint density at radius 3 is 2.27 bits per heavy atom. The Morgan fingerprint density at radius 1 is 1.27 bits per heavy atom. The number of ether oxygens (including phenoxy) is 1. The van der Waals surface area contributed by atoms with Gasteiger partial charge in [0.15, 0.2) is 0 Å². The van der Waals surface area contributed by atoms with Crippen LogP contribution in [0.3, 0.4) is 0 Å². The van der Waals surface area contributed by atoms with Crippen LogP contribution in [0.2, 0.25) is 0 Å². The molecule has 0 bridgehead atoms. The summed E-state index contributed by atoms with van der Waals surface area (Å²) < 4.78 is 18.7. The second-order valence-electron chi connectivity index (χ2n) is 4.79. The molecule has 1 nitrogen and oxygen atoms in total. The van der Waals surface area contributed by atoms with Crippen LogP contribution < -0.4 is 4.74 Å². The first-order valence-corrected chi connectivity index (χ1v) is 5.19. The first-order valence-electron chi connectivity index (χ1n) is 5.19. The van der Waals surface area contributed by atoms with Gasteiger partial charge < -0.3 is 4.74 Å². The molecule has 0 heterocycles. The van der Waals surface area contributed by atoms with Crippen molar-refractivity contribution in [2.75, 3.05) is 7.11 Å². The summed E-state index contributed by atoms with van der Waals surface area (Å²) in [6.45, 7) is 7.82. The summed E-state index contributed by atoms with van der Waals surface area (Å²) in [4.78, 5) is 0. The molecule has 0 aliphatic rings. The number of alkyl halides is 1. The van der Waals surface area contributed by atoms with Crippen molar-refractivity contribution in [2.24, 2.45) is 0 Å². The fourth-order valence-electron chi connectivity index (χ4n) is 1.69. The van der Waals surface area contributed by atoms with Crippen LogP contribution in [0.25, 0.3) is 0 Å². The normalized spacial score (nSPS) is 13.7. The van der Waals surface area contributed by atoms with Gasteiger partial charge in [0.05, 0.1) is 7.11 Å². The largest absolute Gasteiger partial charge is 0.496 e. The van der Waals surface area contributed by atoms with Crippen LogP contribution in [0.15, 0.2) is 18.2 Å². The van der Waals surface area contributed by atoms with Crippen molar-refractivity contribution in [3.63, 3.8) is 0 Å².